The molecule has 1 aliphatic rings. The third-order valence-corrected chi connectivity index (χ3v) is 6.11. The zero-order valence-electron chi connectivity index (χ0n) is 16.4. The Labute approximate surface area is 174 Å². The van der Waals surface area contributed by atoms with Crippen molar-refractivity contribution in [2.75, 3.05) is 6.54 Å². The van der Waals surface area contributed by atoms with Crippen LogP contribution in [0.4, 0.5) is 0 Å². The standard InChI is InChI=1S/C22H23N5OS/c1-3-13-27-20(18-8-11-23-12-9-18)24-25-22(27)29-16(2)21(28)26-14-10-17-6-4-5-7-19(17)15-26/h3-9,11-12,16H,1,10,13-15H2,2H3/t16-/m0/s1. The molecule has 1 atom stereocenters. The van der Waals surface area contributed by atoms with Crippen LogP contribution in [0.1, 0.15) is 18.1 Å². The lowest BCUT2D eigenvalue weighted by molar-refractivity contribution is -0.131. The van der Waals surface area contributed by atoms with Crippen molar-refractivity contribution in [3.05, 3.63) is 72.6 Å². The molecule has 29 heavy (non-hydrogen) atoms. The smallest absolute Gasteiger partial charge is 0.236 e. The Hall–Kier alpha value is -2.93. The van der Waals surface area contributed by atoms with Gasteiger partial charge in [-0.05, 0) is 36.6 Å². The maximum absolute atomic E-state index is 13.1. The van der Waals surface area contributed by atoms with Crippen molar-refractivity contribution in [3.63, 3.8) is 0 Å². The number of allylic oxidation sites excluding steroid dienone is 1. The summed E-state index contributed by atoms with van der Waals surface area (Å²) in [7, 11) is 0. The highest BCUT2D eigenvalue weighted by molar-refractivity contribution is 8.00. The first-order chi connectivity index (χ1) is 14.2. The minimum absolute atomic E-state index is 0.128. The molecule has 3 heterocycles. The Morgan fingerprint density at radius 2 is 1.97 bits per heavy atom. The maximum Gasteiger partial charge on any atom is 0.236 e. The van der Waals surface area contributed by atoms with Gasteiger partial charge in [-0.15, -0.1) is 16.8 Å². The summed E-state index contributed by atoms with van der Waals surface area (Å²) in [6.45, 7) is 7.78. The molecule has 0 unspecified atom stereocenters. The Kier molecular flexibility index (Phi) is 5.76. The normalized spacial score (nSPS) is 14.3. The number of fused-ring (bicyclic) bond motifs is 1. The van der Waals surface area contributed by atoms with Gasteiger partial charge in [0.25, 0.3) is 0 Å². The first-order valence-corrected chi connectivity index (χ1v) is 10.5. The molecule has 1 amide bonds. The van der Waals surface area contributed by atoms with Crippen LogP contribution in [0.5, 0.6) is 0 Å². The maximum atomic E-state index is 13.1. The summed E-state index contributed by atoms with van der Waals surface area (Å²) in [5.41, 5.74) is 3.51. The third-order valence-electron chi connectivity index (χ3n) is 5.04. The molecule has 0 fully saturated rings. The second kappa shape index (κ2) is 8.61. The van der Waals surface area contributed by atoms with Crippen LogP contribution in [-0.2, 0) is 24.3 Å². The molecule has 4 rings (SSSR count). The molecule has 1 aliphatic heterocycles. The second-order valence-corrected chi connectivity index (χ2v) is 8.29. The van der Waals surface area contributed by atoms with Gasteiger partial charge in [-0.25, -0.2) is 0 Å². The molecule has 0 saturated carbocycles. The molecule has 3 aromatic rings. The van der Waals surface area contributed by atoms with Crippen molar-refractivity contribution in [2.24, 2.45) is 0 Å². The number of pyridine rings is 1. The van der Waals surface area contributed by atoms with Gasteiger partial charge in [-0.3, -0.25) is 14.3 Å². The Bertz CT molecular complexity index is 1020. The minimum atomic E-state index is -0.252. The average Bonchev–Trinajstić information content (AvgIpc) is 3.16. The van der Waals surface area contributed by atoms with Crippen molar-refractivity contribution >= 4 is 17.7 Å². The van der Waals surface area contributed by atoms with Gasteiger partial charge in [0.05, 0.1) is 5.25 Å². The van der Waals surface area contributed by atoms with E-state index < -0.39 is 0 Å². The van der Waals surface area contributed by atoms with E-state index in [1.807, 2.05) is 40.7 Å². The first-order valence-electron chi connectivity index (χ1n) is 9.64. The fourth-order valence-corrected chi connectivity index (χ4v) is 4.48. The number of hydrogen-bond acceptors (Lipinski definition) is 5. The van der Waals surface area contributed by atoms with E-state index in [1.165, 1.54) is 22.9 Å². The van der Waals surface area contributed by atoms with Crippen molar-refractivity contribution in [1.29, 1.82) is 0 Å². The van der Waals surface area contributed by atoms with Crippen LogP contribution in [-0.4, -0.2) is 42.4 Å². The van der Waals surface area contributed by atoms with E-state index in [9.17, 15) is 4.79 Å². The summed E-state index contributed by atoms with van der Waals surface area (Å²) >= 11 is 1.44. The summed E-state index contributed by atoms with van der Waals surface area (Å²) in [4.78, 5) is 19.1. The van der Waals surface area contributed by atoms with E-state index >= 15 is 0 Å². The summed E-state index contributed by atoms with van der Waals surface area (Å²) < 4.78 is 1.99. The topological polar surface area (TPSA) is 63.9 Å². The number of aromatic nitrogens is 4. The number of hydrogen-bond donors (Lipinski definition) is 0. The molecular weight excluding hydrogens is 382 g/mol. The predicted molar refractivity (Wildman–Crippen MR) is 114 cm³/mol. The molecule has 0 aliphatic carbocycles. The number of rotatable bonds is 6. The summed E-state index contributed by atoms with van der Waals surface area (Å²) in [6.07, 6.45) is 6.18. The molecule has 6 nitrogen and oxygen atoms in total. The summed E-state index contributed by atoms with van der Waals surface area (Å²) in [5, 5.41) is 9.17. The molecule has 0 bridgehead atoms. The highest BCUT2D eigenvalue weighted by Crippen LogP contribution is 2.29. The van der Waals surface area contributed by atoms with E-state index in [0.29, 0.717) is 13.1 Å². The van der Waals surface area contributed by atoms with E-state index in [1.54, 1.807) is 12.4 Å². The third kappa shape index (κ3) is 4.10. The zero-order valence-corrected chi connectivity index (χ0v) is 17.2. The van der Waals surface area contributed by atoms with E-state index in [4.69, 9.17) is 0 Å². The monoisotopic (exact) mass is 405 g/mol. The fourth-order valence-electron chi connectivity index (χ4n) is 3.53. The number of carbonyl (C=O) groups excluding carboxylic acids is 1. The Balaban J connectivity index is 1.51. The van der Waals surface area contributed by atoms with Crippen molar-refractivity contribution < 1.29 is 4.79 Å². The van der Waals surface area contributed by atoms with Crippen LogP contribution < -0.4 is 0 Å². The number of amides is 1. The summed E-state index contributed by atoms with van der Waals surface area (Å²) in [5.74, 6) is 0.879. The van der Waals surface area contributed by atoms with E-state index in [2.05, 4.69) is 40.0 Å². The van der Waals surface area contributed by atoms with Crippen LogP contribution >= 0.6 is 11.8 Å². The molecule has 0 spiro atoms. The second-order valence-electron chi connectivity index (χ2n) is 6.98. The first kappa shape index (κ1) is 19.4. The molecule has 2 aromatic heterocycles. The van der Waals surface area contributed by atoms with Crippen LogP contribution in [0.2, 0.25) is 0 Å². The molecule has 148 valence electrons. The molecule has 1 aromatic carbocycles. The minimum Gasteiger partial charge on any atom is -0.337 e. The molecule has 0 N–H and O–H groups in total. The lowest BCUT2D eigenvalue weighted by Crippen LogP contribution is -2.40. The average molecular weight is 406 g/mol. The van der Waals surface area contributed by atoms with Crippen LogP contribution in [0.25, 0.3) is 11.4 Å². The molecule has 0 radical (unpaired) electrons. The predicted octanol–water partition coefficient (Wildman–Crippen LogP) is 3.59. The lowest BCUT2D eigenvalue weighted by atomic mass is 10.00. The number of benzene rings is 1. The van der Waals surface area contributed by atoms with Gasteiger partial charge in [0.1, 0.15) is 0 Å². The number of thioether (sulfide) groups is 1. The largest absolute Gasteiger partial charge is 0.337 e. The Morgan fingerprint density at radius 3 is 2.72 bits per heavy atom. The number of carbonyl (C=O) groups is 1. The molecule has 0 saturated heterocycles. The Morgan fingerprint density at radius 1 is 1.21 bits per heavy atom. The highest BCUT2D eigenvalue weighted by atomic mass is 32.2. The molecular formula is C22H23N5OS. The van der Waals surface area contributed by atoms with Gasteiger partial charge >= 0.3 is 0 Å². The van der Waals surface area contributed by atoms with Crippen LogP contribution in [0.3, 0.4) is 0 Å². The van der Waals surface area contributed by atoms with Crippen LogP contribution in [0.15, 0.2) is 66.6 Å². The summed E-state index contributed by atoms with van der Waals surface area (Å²) in [6, 6.07) is 12.1. The van der Waals surface area contributed by atoms with Gasteiger partial charge in [0, 0.05) is 37.6 Å². The van der Waals surface area contributed by atoms with Gasteiger partial charge in [0.2, 0.25) is 5.91 Å². The fraction of sp³-hybridized carbons (Fsp3) is 0.273. The van der Waals surface area contributed by atoms with E-state index in [0.717, 1.165) is 29.5 Å². The van der Waals surface area contributed by atoms with Gasteiger partial charge in [0.15, 0.2) is 11.0 Å². The van der Waals surface area contributed by atoms with Crippen molar-refractivity contribution in [1.82, 2.24) is 24.6 Å². The number of nitrogens with zero attached hydrogens (tertiary/aromatic N) is 5. The molecule has 7 heteroatoms. The highest BCUT2D eigenvalue weighted by Gasteiger charge is 2.27. The van der Waals surface area contributed by atoms with Gasteiger partial charge in [-0.1, -0.05) is 42.1 Å². The van der Waals surface area contributed by atoms with E-state index in [-0.39, 0.29) is 11.2 Å². The van der Waals surface area contributed by atoms with Crippen molar-refractivity contribution in [2.45, 2.75) is 36.8 Å². The quantitative estimate of drug-likeness (QED) is 0.463. The lowest BCUT2D eigenvalue weighted by Gasteiger charge is -2.30. The van der Waals surface area contributed by atoms with Crippen molar-refractivity contribution in [3.8, 4) is 11.4 Å². The SMILES string of the molecule is C=CCn1c(S[C@@H](C)C(=O)N2CCc3ccccc3C2)nnc1-c1ccncc1. The van der Waals surface area contributed by atoms with Gasteiger partial charge < -0.3 is 4.90 Å². The van der Waals surface area contributed by atoms with Crippen LogP contribution in [0, 0.1) is 0 Å². The van der Waals surface area contributed by atoms with Gasteiger partial charge in [-0.2, -0.15) is 0 Å². The zero-order chi connectivity index (χ0) is 20.2.